The summed E-state index contributed by atoms with van der Waals surface area (Å²) in [7, 11) is 0. The molecule has 0 atom stereocenters. The van der Waals surface area contributed by atoms with Gasteiger partial charge in [0.1, 0.15) is 0 Å². The van der Waals surface area contributed by atoms with E-state index in [1.165, 1.54) is 6.92 Å². The first-order valence-electron chi connectivity index (χ1n) is 5.99. The van der Waals surface area contributed by atoms with Gasteiger partial charge >= 0.3 is 0 Å². The van der Waals surface area contributed by atoms with Gasteiger partial charge in [-0.05, 0) is 18.2 Å². The third-order valence-corrected chi connectivity index (χ3v) is 2.36. The molecule has 2 aromatic rings. The Morgan fingerprint density at radius 3 is 2.55 bits per heavy atom. The Hall–Kier alpha value is -2.70. The summed E-state index contributed by atoms with van der Waals surface area (Å²) in [5.41, 5.74) is 1.20. The van der Waals surface area contributed by atoms with E-state index in [0.717, 1.165) is 0 Å². The fourth-order valence-corrected chi connectivity index (χ4v) is 1.64. The van der Waals surface area contributed by atoms with Crippen molar-refractivity contribution in [3.8, 4) is 0 Å². The number of rotatable bonds is 4. The van der Waals surface area contributed by atoms with Crippen LogP contribution < -0.4 is 10.6 Å². The highest BCUT2D eigenvalue weighted by molar-refractivity contribution is 5.93. The van der Waals surface area contributed by atoms with Gasteiger partial charge in [0.05, 0.1) is 6.42 Å². The molecule has 0 unspecified atom stereocenters. The molecular formula is C13H14N4O3. The molecule has 0 fully saturated rings. The maximum absolute atomic E-state index is 11.8. The lowest BCUT2D eigenvalue weighted by Gasteiger charge is -2.06. The minimum absolute atomic E-state index is 0.0295. The van der Waals surface area contributed by atoms with Crippen LogP contribution >= 0.6 is 0 Å². The fourth-order valence-electron chi connectivity index (χ4n) is 1.64. The molecule has 0 aliphatic rings. The minimum atomic E-state index is -0.259. The molecule has 0 saturated carbocycles. The number of carbonyl (C=O) groups is 2. The number of nitrogens with one attached hydrogen (secondary N) is 2. The molecule has 104 valence electrons. The van der Waals surface area contributed by atoms with Crippen molar-refractivity contribution in [3.63, 3.8) is 0 Å². The number of aryl methyl sites for hydroxylation is 1. The van der Waals surface area contributed by atoms with Crippen LogP contribution in [-0.2, 0) is 16.0 Å². The number of anilines is 2. The predicted molar refractivity (Wildman–Crippen MR) is 72.1 cm³/mol. The molecule has 0 radical (unpaired) electrons. The van der Waals surface area contributed by atoms with Crippen molar-refractivity contribution in [1.82, 2.24) is 10.1 Å². The van der Waals surface area contributed by atoms with Gasteiger partial charge < -0.3 is 15.2 Å². The highest BCUT2D eigenvalue weighted by Gasteiger charge is 2.09. The van der Waals surface area contributed by atoms with Crippen molar-refractivity contribution >= 4 is 23.2 Å². The molecule has 2 rings (SSSR count). The highest BCUT2D eigenvalue weighted by atomic mass is 16.5. The van der Waals surface area contributed by atoms with Gasteiger partial charge in [-0.2, -0.15) is 4.98 Å². The van der Waals surface area contributed by atoms with E-state index in [9.17, 15) is 9.59 Å². The van der Waals surface area contributed by atoms with Crippen LogP contribution in [0.5, 0.6) is 0 Å². The second kappa shape index (κ2) is 5.96. The smallest absolute Gasteiger partial charge is 0.232 e. The molecule has 7 heteroatoms. The van der Waals surface area contributed by atoms with Gasteiger partial charge in [0.25, 0.3) is 0 Å². The maximum atomic E-state index is 11.8. The van der Waals surface area contributed by atoms with Crippen molar-refractivity contribution in [2.75, 3.05) is 10.6 Å². The van der Waals surface area contributed by atoms with Crippen LogP contribution in [0, 0.1) is 6.92 Å². The second-order valence-corrected chi connectivity index (χ2v) is 4.22. The summed E-state index contributed by atoms with van der Waals surface area (Å²) in [6.45, 7) is 3.08. The average molecular weight is 274 g/mol. The standard InChI is InChI=1S/C13H14N4O3/c1-8(18)14-10-4-3-5-11(6-10)16-13(19)7-12-15-9(2)20-17-12/h3-6H,7H2,1-2H3,(H,14,18)(H,16,19). The highest BCUT2D eigenvalue weighted by Crippen LogP contribution is 2.15. The van der Waals surface area contributed by atoms with Crippen LogP contribution in [-0.4, -0.2) is 22.0 Å². The Bertz CT molecular complexity index is 636. The molecule has 2 N–H and O–H groups in total. The van der Waals surface area contributed by atoms with Crippen LogP contribution in [0.3, 0.4) is 0 Å². The van der Waals surface area contributed by atoms with Gasteiger partial charge in [0.2, 0.25) is 17.7 Å². The molecule has 1 heterocycles. The number of aromatic nitrogens is 2. The number of hydrogen-bond acceptors (Lipinski definition) is 5. The first kappa shape index (κ1) is 13.7. The topological polar surface area (TPSA) is 97.1 Å². The largest absolute Gasteiger partial charge is 0.340 e. The first-order valence-corrected chi connectivity index (χ1v) is 5.99. The number of benzene rings is 1. The number of nitrogens with zero attached hydrogens (tertiary/aromatic N) is 2. The zero-order chi connectivity index (χ0) is 14.5. The van der Waals surface area contributed by atoms with Gasteiger partial charge in [-0.3, -0.25) is 9.59 Å². The molecule has 0 aliphatic heterocycles. The molecular weight excluding hydrogens is 260 g/mol. The van der Waals surface area contributed by atoms with Crippen LogP contribution in [0.25, 0.3) is 0 Å². The lowest BCUT2D eigenvalue weighted by atomic mass is 10.2. The summed E-state index contributed by atoms with van der Waals surface area (Å²) < 4.78 is 4.79. The molecule has 1 aromatic heterocycles. The third kappa shape index (κ3) is 3.91. The summed E-state index contributed by atoms with van der Waals surface area (Å²) in [6.07, 6.45) is 0.0295. The Kier molecular flexibility index (Phi) is 4.09. The third-order valence-electron chi connectivity index (χ3n) is 2.36. The van der Waals surface area contributed by atoms with Crippen molar-refractivity contribution in [2.24, 2.45) is 0 Å². The SMILES string of the molecule is CC(=O)Nc1cccc(NC(=O)Cc2noc(C)n2)c1. The molecule has 0 spiro atoms. The zero-order valence-corrected chi connectivity index (χ0v) is 11.1. The molecule has 0 aliphatic carbocycles. The van der Waals surface area contributed by atoms with Crippen LogP contribution in [0.2, 0.25) is 0 Å². The van der Waals surface area contributed by atoms with E-state index >= 15 is 0 Å². The summed E-state index contributed by atoms with van der Waals surface area (Å²) >= 11 is 0. The van der Waals surface area contributed by atoms with E-state index < -0.39 is 0 Å². The molecule has 7 nitrogen and oxygen atoms in total. The molecule has 1 aromatic carbocycles. The molecule has 0 bridgehead atoms. The Morgan fingerprint density at radius 1 is 1.25 bits per heavy atom. The lowest BCUT2D eigenvalue weighted by molar-refractivity contribution is -0.116. The Morgan fingerprint density at radius 2 is 1.95 bits per heavy atom. The van der Waals surface area contributed by atoms with Gasteiger partial charge in [-0.1, -0.05) is 11.2 Å². The molecule has 2 amide bonds. The lowest BCUT2D eigenvalue weighted by Crippen LogP contribution is -2.15. The molecule has 0 saturated heterocycles. The minimum Gasteiger partial charge on any atom is -0.340 e. The monoisotopic (exact) mass is 274 g/mol. The van der Waals surface area contributed by atoms with Crippen LogP contribution in [0.4, 0.5) is 11.4 Å². The van der Waals surface area contributed by atoms with Gasteiger partial charge in [-0.15, -0.1) is 0 Å². The van der Waals surface area contributed by atoms with Crippen LogP contribution in [0.1, 0.15) is 18.6 Å². The van der Waals surface area contributed by atoms with Crippen molar-refractivity contribution in [2.45, 2.75) is 20.3 Å². The number of hydrogen-bond donors (Lipinski definition) is 2. The second-order valence-electron chi connectivity index (χ2n) is 4.22. The fraction of sp³-hybridized carbons (Fsp3) is 0.231. The quantitative estimate of drug-likeness (QED) is 0.881. The molecule has 20 heavy (non-hydrogen) atoms. The van der Waals surface area contributed by atoms with Gasteiger partial charge in [0.15, 0.2) is 5.82 Å². The van der Waals surface area contributed by atoms with Crippen molar-refractivity contribution in [3.05, 3.63) is 36.0 Å². The van der Waals surface area contributed by atoms with E-state index in [0.29, 0.717) is 23.1 Å². The van der Waals surface area contributed by atoms with E-state index in [4.69, 9.17) is 4.52 Å². The number of amides is 2. The number of carbonyl (C=O) groups excluding carboxylic acids is 2. The first-order chi connectivity index (χ1) is 9.52. The van der Waals surface area contributed by atoms with Crippen LogP contribution in [0.15, 0.2) is 28.8 Å². The zero-order valence-electron chi connectivity index (χ0n) is 11.1. The normalized spacial score (nSPS) is 10.1. The van der Waals surface area contributed by atoms with E-state index in [2.05, 4.69) is 20.8 Å². The van der Waals surface area contributed by atoms with Gasteiger partial charge in [0, 0.05) is 25.2 Å². The summed E-state index contributed by atoms with van der Waals surface area (Å²) in [5, 5.41) is 8.99. The van der Waals surface area contributed by atoms with E-state index in [-0.39, 0.29) is 18.2 Å². The average Bonchev–Trinajstić information content (AvgIpc) is 2.74. The summed E-state index contributed by atoms with van der Waals surface area (Å²) in [5.74, 6) is 0.319. The van der Waals surface area contributed by atoms with Crippen molar-refractivity contribution in [1.29, 1.82) is 0 Å². The van der Waals surface area contributed by atoms with Gasteiger partial charge in [-0.25, -0.2) is 0 Å². The van der Waals surface area contributed by atoms with E-state index in [1.807, 2.05) is 0 Å². The summed E-state index contributed by atoms with van der Waals surface area (Å²) in [6, 6.07) is 6.87. The van der Waals surface area contributed by atoms with Crippen molar-refractivity contribution < 1.29 is 14.1 Å². The maximum Gasteiger partial charge on any atom is 0.232 e. The predicted octanol–water partition coefficient (Wildman–Crippen LogP) is 1.52. The summed E-state index contributed by atoms with van der Waals surface area (Å²) in [4.78, 5) is 26.7. The Balaban J connectivity index is 1.98. The Labute approximate surface area is 115 Å². The van der Waals surface area contributed by atoms with E-state index in [1.54, 1.807) is 31.2 Å².